The van der Waals surface area contributed by atoms with Crippen LogP contribution in [0.5, 0.6) is 11.5 Å². The summed E-state index contributed by atoms with van der Waals surface area (Å²) in [7, 11) is 1.62. The van der Waals surface area contributed by atoms with Crippen molar-refractivity contribution >= 4 is 11.9 Å². The minimum Gasteiger partial charge on any atom is -0.497 e. The van der Waals surface area contributed by atoms with Crippen molar-refractivity contribution in [1.29, 1.82) is 0 Å². The molecule has 0 aliphatic carbocycles. The number of aryl methyl sites for hydroxylation is 1. The molecular weight excluding hydrogens is 328 g/mol. The molecule has 0 N–H and O–H groups in total. The highest BCUT2D eigenvalue weighted by Crippen LogP contribution is 2.19. The first-order valence-corrected chi connectivity index (χ1v) is 8.29. The molecule has 0 radical (unpaired) electrons. The number of methoxy groups -OCH3 is 1. The van der Waals surface area contributed by atoms with Gasteiger partial charge >= 0.3 is 0 Å². The number of benzene rings is 2. The lowest BCUT2D eigenvalue weighted by molar-refractivity contribution is 0.104. The molecule has 0 atom stereocenters. The summed E-state index contributed by atoms with van der Waals surface area (Å²) in [4.78, 5) is 12.2. The van der Waals surface area contributed by atoms with Crippen LogP contribution in [0.4, 0.5) is 0 Å². The second kappa shape index (κ2) is 8.21. The summed E-state index contributed by atoms with van der Waals surface area (Å²) in [5, 5.41) is 0. The number of hydrogen-bond acceptors (Lipinski definition) is 4. The highest BCUT2D eigenvalue weighted by Gasteiger charge is 2.04. The van der Waals surface area contributed by atoms with E-state index in [0.29, 0.717) is 23.7 Å². The van der Waals surface area contributed by atoms with Crippen molar-refractivity contribution in [1.82, 2.24) is 0 Å². The molecule has 0 aliphatic rings. The number of allylic oxidation sites excluding steroid dienone is 1. The predicted octanol–water partition coefficient (Wildman–Crippen LogP) is 5.07. The number of ketones is 1. The maximum atomic E-state index is 12.2. The fourth-order valence-corrected chi connectivity index (χ4v) is 2.44. The third-order valence-electron chi connectivity index (χ3n) is 3.82. The highest BCUT2D eigenvalue weighted by molar-refractivity contribution is 6.06. The highest BCUT2D eigenvalue weighted by atomic mass is 16.5. The molecule has 0 fully saturated rings. The number of hydrogen-bond donors (Lipinski definition) is 0. The van der Waals surface area contributed by atoms with E-state index in [9.17, 15) is 4.79 Å². The topological polar surface area (TPSA) is 48.7 Å². The molecule has 3 aromatic rings. The fourth-order valence-electron chi connectivity index (χ4n) is 2.44. The van der Waals surface area contributed by atoms with Crippen molar-refractivity contribution in [3.8, 4) is 11.5 Å². The fraction of sp³-hybridized carbons (Fsp3) is 0.136. The number of ether oxygens (including phenoxy) is 2. The van der Waals surface area contributed by atoms with Crippen molar-refractivity contribution in [3.63, 3.8) is 0 Å². The third-order valence-corrected chi connectivity index (χ3v) is 3.82. The first-order valence-electron chi connectivity index (χ1n) is 8.29. The van der Waals surface area contributed by atoms with Gasteiger partial charge in [-0.2, -0.15) is 0 Å². The van der Waals surface area contributed by atoms with Crippen molar-refractivity contribution in [2.45, 2.75) is 13.5 Å². The van der Waals surface area contributed by atoms with E-state index in [0.717, 1.165) is 17.1 Å². The van der Waals surface area contributed by atoms with Crippen molar-refractivity contribution < 1.29 is 18.7 Å². The molecule has 0 aliphatic heterocycles. The summed E-state index contributed by atoms with van der Waals surface area (Å²) in [6.45, 7) is 2.27. The van der Waals surface area contributed by atoms with Crippen LogP contribution in [0.3, 0.4) is 0 Å². The smallest absolute Gasteiger partial charge is 0.185 e. The molecule has 0 saturated heterocycles. The van der Waals surface area contributed by atoms with Gasteiger partial charge in [-0.05, 0) is 61.5 Å². The maximum absolute atomic E-state index is 12.2. The van der Waals surface area contributed by atoms with Gasteiger partial charge in [0.1, 0.15) is 29.6 Å². The molecule has 3 rings (SSSR count). The van der Waals surface area contributed by atoms with Gasteiger partial charge in [-0.1, -0.05) is 23.8 Å². The summed E-state index contributed by atoms with van der Waals surface area (Å²) in [6, 6.07) is 18.5. The number of carbonyl (C=O) groups excluding carboxylic acids is 1. The van der Waals surface area contributed by atoms with Gasteiger partial charge in [0.15, 0.2) is 5.78 Å². The molecule has 0 amide bonds. The molecule has 0 unspecified atom stereocenters. The Balaban J connectivity index is 1.57. The van der Waals surface area contributed by atoms with E-state index in [4.69, 9.17) is 13.9 Å². The van der Waals surface area contributed by atoms with Crippen LogP contribution in [0.25, 0.3) is 6.08 Å². The number of rotatable bonds is 7. The lowest BCUT2D eigenvalue weighted by Gasteiger charge is -2.05. The Morgan fingerprint density at radius 2 is 1.81 bits per heavy atom. The van der Waals surface area contributed by atoms with E-state index in [1.807, 2.05) is 61.5 Å². The van der Waals surface area contributed by atoms with E-state index >= 15 is 0 Å². The molecule has 0 spiro atoms. The number of furan rings is 1. The summed E-state index contributed by atoms with van der Waals surface area (Å²) in [5.41, 5.74) is 1.72. The van der Waals surface area contributed by atoms with Crippen LogP contribution in [0.2, 0.25) is 0 Å². The van der Waals surface area contributed by atoms with Crippen LogP contribution in [-0.2, 0) is 6.61 Å². The lowest BCUT2D eigenvalue weighted by atomic mass is 10.1. The van der Waals surface area contributed by atoms with Gasteiger partial charge in [-0.3, -0.25) is 4.79 Å². The average Bonchev–Trinajstić information content (AvgIpc) is 3.13. The van der Waals surface area contributed by atoms with Crippen LogP contribution in [0.15, 0.2) is 71.2 Å². The van der Waals surface area contributed by atoms with E-state index in [2.05, 4.69) is 0 Å². The molecule has 26 heavy (non-hydrogen) atoms. The molecule has 2 aromatic carbocycles. The second-order valence-corrected chi connectivity index (χ2v) is 5.84. The Hall–Kier alpha value is -3.27. The van der Waals surface area contributed by atoms with E-state index < -0.39 is 0 Å². The van der Waals surface area contributed by atoms with Gasteiger partial charge in [-0.15, -0.1) is 0 Å². The Labute approximate surface area is 152 Å². The van der Waals surface area contributed by atoms with Crippen molar-refractivity contribution in [2.24, 2.45) is 0 Å². The predicted molar refractivity (Wildman–Crippen MR) is 101 cm³/mol. The Bertz CT molecular complexity index is 904. The summed E-state index contributed by atoms with van der Waals surface area (Å²) < 4.78 is 16.5. The van der Waals surface area contributed by atoms with Crippen LogP contribution in [0.1, 0.15) is 27.4 Å². The van der Waals surface area contributed by atoms with Gasteiger partial charge in [0, 0.05) is 5.56 Å². The summed E-state index contributed by atoms with van der Waals surface area (Å²) in [5.74, 6) is 2.75. The Morgan fingerprint density at radius 3 is 2.54 bits per heavy atom. The quantitative estimate of drug-likeness (QED) is 0.442. The van der Waals surface area contributed by atoms with Gasteiger partial charge in [-0.25, -0.2) is 0 Å². The minimum absolute atomic E-state index is 0.0545. The van der Waals surface area contributed by atoms with Crippen molar-refractivity contribution in [2.75, 3.05) is 7.11 Å². The zero-order valence-electron chi connectivity index (χ0n) is 14.8. The largest absolute Gasteiger partial charge is 0.497 e. The van der Waals surface area contributed by atoms with E-state index in [-0.39, 0.29) is 5.78 Å². The molecule has 4 nitrogen and oxygen atoms in total. The first kappa shape index (κ1) is 17.5. The Kier molecular flexibility index (Phi) is 5.54. The van der Waals surface area contributed by atoms with Gasteiger partial charge in [0.2, 0.25) is 0 Å². The van der Waals surface area contributed by atoms with E-state index in [1.54, 1.807) is 19.3 Å². The molecular formula is C22H20O4. The lowest BCUT2D eigenvalue weighted by Crippen LogP contribution is -1.94. The maximum Gasteiger partial charge on any atom is 0.185 e. The first-order chi connectivity index (χ1) is 12.6. The monoisotopic (exact) mass is 348 g/mol. The molecule has 1 heterocycles. The van der Waals surface area contributed by atoms with Gasteiger partial charge in [0.05, 0.1) is 7.11 Å². The summed E-state index contributed by atoms with van der Waals surface area (Å²) in [6.07, 6.45) is 3.18. The standard InChI is InChI=1S/C22H20O4/c1-16-4-3-5-17(14-16)22(23)13-12-20-10-11-21(26-20)15-25-19-8-6-18(24-2)7-9-19/h3-14H,15H2,1-2H3/b13-12+. The third kappa shape index (κ3) is 4.63. The molecule has 132 valence electrons. The zero-order valence-corrected chi connectivity index (χ0v) is 14.8. The molecule has 4 heteroatoms. The van der Waals surface area contributed by atoms with Gasteiger partial charge in [0.25, 0.3) is 0 Å². The Morgan fingerprint density at radius 1 is 1.04 bits per heavy atom. The molecule has 0 bridgehead atoms. The summed E-state index contributed by atoms with van der Waals surface area (Å²) >= 11 is 0. The minimum atomic E-state index is -0.0545. The van der Waals surface area contributed by atoms with E-state index in [1.165, 1.54) is 6.08 Å². The van der Waals surface area contributed by atoms with Crippen molar-refractivity contribution in [3.05, 3.63) is 89.4 Å². The van der Waals surface area contributed by atoms with Crippen LogP contribution < -0.4 is 9.47 Å². The number of carbonyl (C=O) groups is 1. The van der Waals surface area contributed by atoms with Crippen LogP contribution in [0, 0.1) is 6.92 Å². The normalized spacial score (nSPS) is 10.8. The molecule has 0 saturated carbocycles. The molecule has 1 aromatic heterocycles. The zero-order chi connectivity index (χ0) is 18.4. The second-order valence-electron chi connectivity index (χ2n) is 5.84. The van der Waals surface area contributed by atoms with Gasteiger partial charge < -0.3 is 13.9 Å². The average molecular weight is 348 g/mol. The van der Waals surface area contributed by atoms with Crippen LogP contribution >= 0.6 is 0 Å². The SMILES string of the molecule is COc1ccc(OCc2ccc(/C=C/C(=O)c3cccc(C)c3)o2)cc1. The van der Waals surface area contributed by atoms with Crippen LogP contribution in [-0.4, -0.2) is 12.9 Å².